The summed E-state index contributed by atoms with van der Waals surface area (Å²) < 4.78 is 6.08. The molecule has 0 aliphatic carbocycles. The van der Waals surface area contributed by atoms with E-state index in [-0.39, 0.29) is 17.9 Å². The summed E-state index contributed by atoms with van der Waals surface area (Å²) in [6.07, 6.45) is 1.63. The molecule has 2 N–H and O–H groups in total. The number of halogens is 1. The molecule has 0 spiro atoms. The van der Waals surface area contributed by atoms with Gasteiger partial charge in [0.25, 0.3) is 5.91 Å². The Hall–Kier alpha value is -1.07. The molecule has 0 aliphatic rings. The van der Waals surface area contributed by atoms with Crippen molar-refractivity contribution in [3.8, 4) is 5.75 Å². The summed E-state index contributed by atoms with van der Waals surface area (Å²) in [5.41, 5.74) is 0.243. The first-order valence-electron chi connectivity index (χ1n) is 6.74. The minimum atomic E-state index is -0.252. The standard InChI is InChI=1S/C15H22BrNO3/c1-4-15(5-2,10-18)9-17-14(19)12-7-6-11(16)8-13(12)20-3/h6-8,18H,4-5,9-10H2,1-3H3,(H,17,19). The highest BCUT2D eigenvalue weighted by atomic mass is 79.9. The molecule has 1 rings (SSSR count). The molecule has 0 heterocycles. The number of hydrogen-bond donors (Lipinski definition) is 2. The Morgan fingerprint density at radius 1 is 1.40 bits per heavy atom. The average Bonchev–Trinajstić information content (AvgIpc) is 2.48. The first-order chi connectivity index (χ1) is 9.51. The zero-order valence-electron chi connectivity index (χ0n) is 12.2. The van der Waals surface area contributed by atoms with Crippen molar-refractivity contribution in [2.75, 3.05) is 20.3 Å². The zero-order chi connectivity index (χ0) is 15.2. The molecule has 0 unspecified atom stereocenters. The third-order valence-corrected chi connectivity index (χ3v) is 4.36. The van der Waals surface area contributed by atoms with Crippen molar-refractivity contribution in [1.29, 1.82) is 0 Å². The Balaban J connectivity index is 2.82. The number of aliphatic hydroxyl groups is 1. The van der Waals surface area contributed by atoms with Crippen molar-refractivity contribution in [1.82, 2.24) is 5.32 Å². The summed E-state index contributed by atoms with van der Waals surface area (Å²) in [6.45, 7) is 4.56. The molecule has 1 aromatic rings. The van der Waals surface area contributed by atoms with Crippen LogP contribution in [0.25, 0.3) is 0 Å². The fraction of sp³-hybridized carbons (Fsp3) is 0.533. The van der Waals surface area contributed by atoms with E-state index in [0.29, 0.717) is 17.9 Å². The van der Waals surface area contributed by atoms with Gasteiger partial charge in [-0.05, 0) is 31.0 Å². The number of ether oxygens (including phenoxy) is 1. The number of aliphatic hydroxyl groups excluding tert-OH is 1. The Kier molecular flexibility index (Phi) is 6.49. The second kappa shape index (κ2) is 7.64. The van der Waals surface area contributed by atoms with Gasteiger partial charge >= 0.3 is 0 Å². The molecule has 0 bridgehead atoms. The van der Waals surface area contributed by atoms with Crippen LogP contribution in [0.1, 0.15) is 37.0 Å². The molecule has 0 aliphatic heterocycles. The highest BCUT2D eigenvalue weighted by Crippen LogP contribution is 2.26. The summed E-state index contributed by atoms with van der Waals surface area (Å²) in [6, 6.07) is 5.28. The van der Waals surface area contributed by atoms with Crippen LogP contribution in [0.15, 0.2) is 22.7 Å². The third-order valence-electron chi connectivity index (χ3n) is 3.87. The molecular formula is C15H22BrNO3. The molecule has 4 nitrogen and oxygen atoms in total. The van der Waals surface area contributed by atoms with Crippen molar-refractivity contribution in [2.45, 2.75) is 26.7 Å². The first-order valence-corrected chi connectivity index (χ1v) is 7.53. The van der Waals surface area contributed by atoms with Gasteiger partial charge in [0.2, 0.25) is 0 Å². The molecule has 1 aromatic carbocycles. The first kappa shape index (κ1) is 17.0. The van der Waals surface area contributed by atoms with Gasteiger partial charge in [-0.2, -0.15) is 0 Å². The number of methoxy groups -OCH3 is 1. The zero-order valence-corrected chi connectivity index (χ0v) is 13.8. The Bertz CT molecular complexity index is 450. The monoisotopic (exact) mass is 343 g/mol. The van der Waals surface area contributed by atoms with Gasteiger partial charge < -0.3 is 15.2 Å². The number of rotatable bonds is 7. The number of carbonyl (C=O) groups is 1. The fourth-order valence-electron chi connectivity index (χ4n) is 2.00. The minimum absolute atomic E-state index is 0.0672. The maximum atomic E-state index is 12.2. The van der Waals surface area contributed by atoms with Gasteiger partial charge in [-0.25, -0.2) is 0 Å². The van der Waals surface area contributed by atoms with E-state index in [4.69, 9.17) is 4.74 Å². The summed E-state index contributed by atoms with van der Waals surface area (Å²) in [5, 5.41) is 12.4. The van der Waals surface area contributed by atoms with Crippen molar-refractivity contribution >= 4 is 21.8 Å². The largest absolute Gasteiger partial charge is 0.496 e. The molecule has 0 radical (unpaired) electrons. The summed E-state index contributed by atoms with van der Waals surface area (Å²) in [7, 11) is 1.54. The fourth-order valence-corrected chi connectivity index (χ4v) is 2.34. The number of carbonyl (C=O) groups excluding carboxylic acids is 1. The van der Waals surface area contributed by atoms with Crippen molar-refractivity contribution in [3.05, 3.63) is 28.2 Å². The van der Waals surface area contributed by atoms with Gasteiger partial charge in [0.1, 0.15) is 5.75 Å². The highest BCUT2D eigenvalue weighted by Gasteiger charge is 2.26. The molecule has 0 aromatic heterocycles. The average molecular weight is 344 g/mol. The minimum Gasteiger partial charge on any atom is -0.496 e. The van der Waals surface area contributed by atoms with Gasteiger partial charge in [-0.3, -0.25) is 4.79 Å². The van der Waals surface area contributed by atoms with Crippen LogP contribution < -0.4 is 10.1 Å². The lowest BCUT2D eigenvalue weighted by Crippen LogP contribution is -2.39. The van der Waals surface area contributed by atoms with E-state index in [9.17, 15) is 9.90 Å². The van der Waals surface area contributed by atoms with E-state index in [1.807, 2.05) is 13.8 Å². The van der Waals surface area contributed by atoms with Crippen LogP contribution in [0.2, 0.25) is 0 Å². The van der Waals surface area contributed by atoms with Crippen LogP contribution in [-0.4, -0.2) is 31.3 Å². The topological polar surface area (TPSA) is 58.6 Å². The number of benzene rings is 1. The summed E-state index contributed by atoms with van der Waals surface area (Å²) in [5.74, 6) is 0.341. The second-order valence-electron chi connectivity index (χ2n) is 4.89. The van der Waals surface area contributed by atoms with Crippen LogP contribution in [0.4, 0.5) is 0 Å². The lowest BCUT2D eigenvalue weighted by molar-refractivity contribution is 0.0848. The van der Waals surface area contributed by atoms with Crippen LogP contribution in [0.5, 0.6) is 5.75 Å². The van der Waals surface area contributed by atoms with Crippen molar-refractivity contribution < 1.29 is 14.6 Å². The van der Waals surface area contributed by atoms with Crippen molar-refractivity contribution in [3.63, 3.8) is 0 Å². The van der Waals surface area contributed by atoms with Crippen LogP contribution in [-0.2, 0) is 0 Å². The van der Waals surface area contributed by atoms with Crippen molar-refractivity contribution in [2.24, 2.45) is 5.41 Å². The van der Waals surface area contributed by atoms with E-state index >= 15 is 0 Å². The van der Waals surface area contributed by atoms with E-state index < -0.39 is 0 Å². The maximum absolute atomic E-state index is 12.2. The van der Waals surface area contributed by atoms with Gasteiger partial charge in [-0.15, -0.1) is 0 Å². The van der Waals surface area contributed by atoms with E-state index in [0.717, 1.165) is 17.3 Å². The maximum Gasteiger partial charge on any atom is 0.255 e. The Morgan fingerprint density at radius 2 is 2.05 bits per heavy atom. The predicted octanol–water partition coefficient (Wildman–Crippen LogP) is 2.99. The van der Waals surface area contributed by atoms with E-state index in [2.05, 4.69) is 21.2 Å². The molecule has 0 saturated carbocycles. The quantitative estimate of drug-likeness (QED) is 0.800. The predicted molar refractivity (Wildman–Crippen MR) is 83.1 cm³/mol. The lowest BCUT2D eigenvalue weighted by Gasteiger charge is -2.29. The Morgan fingerprint density at radius 3 is 2.55 bits per heavy atom. The van der Waals surface area contributed by atoms with E-state index in [1.54, 1.807) is 18.2 Å². The molecule has 20 heavy (non-hydrogen) atoms. The molecule has 112 valence electrons. The number of amides is 1. The second-order valence-corrected chi connectivity index (χ2v) is 5.81. The molecule has 0 saturated heterocycles. The smallest absolute Gasteiger partial charge is 0.255 e. The molecular weight excluding hydrogens is 322 g/mol. The Labute approximate surface area is 128 Å². The SMILES string of the molecule is CCC(CC)(CO)CNC(=O)c1ccc(Br)cc1OC. The molecule has 1 amide bonds. The lowest BCUT2D eigenvalue weighted by atomic mass is 9.83. The summed E-state index contributed by atoms with van der Waals surface area (Å²) in [4.78, 5) is 12.2. The van der Waals surface area contributed by atoms with Gasteiger partial charge in [0, 0.05) is 16.4 Å². The summed E-state index contributed by atoms with van der Waals surface area (Å²) >= 11 is 3.35. The number of nitrogens with one attached hydrogen (secondary N) is 1. The molecule has 0 fully saturated rings. The number of hydrogen-bond acceptors (Lipinski definition) is 3. The molecule has 5 heteroatoms. The van der Waals surface area contributed by atoms with Gasteiger partial charge in [0.15, 0.2) is 0 Å². The van der Waals surface area contributed by atoms with Crippen LogP contribution in [0.3, 0.4) is 0 Å². The van der Waals surface area contributed by atoms with E-state index in [1.165, 1.54) is 7.11 Å². The van der Waals surface area contributed by atoms with Gasteiger partial charge in [0.05, 0.1) is 19.3 Å². The van der Waals surface area contributed by atoms with Crippen LogP contribution >= 0.6 is 15.9 Å². The van der Waals surface area contributed by atoms with Crippen LogP contribution in [0, 0.1) is 5.41 Å². The third kappa shape index (κ3) is 3.96. The normalized spacial score (nSPS) is 11.2. The molecule has 0 atom stereocenters. The van der Waals surface area contributed by atoms with Gasteiger partial charge in [-0.1, -0.05) is 29.8 Å². The highest BCUT2D eigenvalue weighted by molar-refractivity contribution is 9.10.